The van der Waals surface area contributed by atoms with Crippen molar-refractivity contribution in [1.82, 2.24) is 4.57 Å². The molecule has 0 spiro atoms. The van der Waals surface area contributed by atoms with Crippen LogP contribution in [0.4, 0.5) is 0 Å². The highest BCUT2D eigenvalue weighted by Crippen LogP contribution is 2.45. The highest BCUT2D eigenvalue weighted by Gasteiger charge is 2.21. The minimum atomic E-state index is 0.0668. The number of para-hydroxylation sites is 2. The van der Waals surface area contributed by atoms with Crippen molar-refractivity contribution in [3.05, 3.63) is 150 Å². The van der Waals surface area contributed by atoms with Crippen molar-refractivity contribution in [2.24, 2.45) is 0 Å². The molecule has 0 radical (unpaired) electrons. The van der Waals surface area contributed by atoms with Crippen molar-refractivity contribution < 1.29 is 0 Å². The first-order valence-electron chi connectivity index (χ1n) is 17.0. The Kier molecular flexibility index (Phi) is 7.27. The first-order valence-corrected chi connectivity index (χ1v) is 17.3. The number of aromatic nitrogens is 1. The van der Waals surface area contributed by atoms with E-state index in [1.807, 2.05) is 26.0 Å². The average molecular weight is 640 g/mol. The predicted molar refractivity (Wildman–Crippen MR) is 210 cm³/mol. The Morgan fingerprint density at radius 2 is 1.04 bits per heavy atom. The molecular weight excluding hydrogens is 602 g/mol. The summed E-state index contributed by atoms with van der Waals surface area (Å²) in [5.41, 5.74) is 9.82. The molecule has 9 rings (SSSR count). The first kappa shape index (κ1) is 30.2. The molecule has 0 fully saturated rings. The van der Waals surface area contributed by atoms with Gasteiger partial charge in [-0.15, -0.1) is 0 Å². The van der Waals surface area contributed by atoms with Crippen molar-refractivity contribution in [3.8, 4) is 27.9 Å². The zero-order chi connectivity index (χ0) is 33.2. The smallest absolute Gasteiger partial charge is 0.0541 e. The highest BCUT2D eigenvalue weighted by atomic mass is 35.5. The molecule has 1 heterocycles. The molecule has 0 N–H and O–H groups in total. The Bertz CT molecular complexity index is 2540. The van der Waals surface area contributed by atoms with Crippen molar-refractivity contribution in [2.75, 3.05) is 0 Å². The van der Waals surface area contributed by atoms with Gasteiger partial charge in [0, 0.05) is 21.5 Å². The van der Waals surface area contributed by atoms with Gasteiger partial charge in [-0.3, -0.25) is 0 Å². The maximum atomic E-state index is 6.37. The van der Waals surface area contributed by atoms with Crippen LogP contribution in [0.2, 0.25) is 5.02 Å². The lowest BCUT2D eigenvalue weighted by Gasteiger charge is -2.23. The van der Waals surface area contributed by atoms with Crippen LogP contribution in [0, 0.1) is 0 Å². The number of nitrogens with zero attached hydrogens (tertiary/aromatic N) is 1. The molecule has 0 atom stereocenters. The van der Waals surface area contributed by atoms with Crippen LogP contribution in [-0.2, 0) is 5.41 Å². The van der Waals surface area contributed by atoms with Crippen molar-refractivity contribution in [1.29, 1.82) is 0 Å². The van der Waals surface area contributed by atoms with E-state index in [4.69, 9.17) is 11.6 Å². The van der Waals surface area contributed by atoms with Gasteiger partial charge in [0.15, 0.2) is 0 Å². The summed E-state index contributed by atoms with van der Waals surface area (Å²) in [7, 11) is 0. The molecule has 1 aromatic heterocycles. The van der Waals surface area contributed by atoms with Crippen LogP contribution in [0.3, 0.4) is 0 Å². The minimum Gasteiger partial charge on any atom is -0.309 e. The maximum absolute atomic E-state index is 6.37. The maximum Gasteiger partial charge on any atom is 0.0541 e. The van der Waals surface area contributed by atoms with Gasteiger partial charge in [-0.2, -0.15) is 0 Å². The third kappa shape index (κ3) is 4.76. The standard InChI is InChI=1S/C44H32ClN.C2H6/c1-44(2,3)31-23-29-17-21-36-38(27-15-19-32(45)20-16-27)26-39(37-22-18-30(24-31)42(29)43(36)37)28-9-8-10-33(25-28)46-40-13-6-4-11-34(40)35-12-5-7-14-41(35)46;1-2/h4-26H,1-3H3;1-2H3. The van der Waals surface area contributed by atoms with E-state index >= 15 is 0 Å². The molecule has 2 heteroatoms. The number of benzene rings is 8. The monoisotopic (exact) mass is 639 g/mol. The number of rotatable bonds is 3. The van der Waals surface area contributed by atoms with Crippen LogP contribution in [0.1, 0.15) is 40.2 Å². The summed E-state index contributed by atoms with van der Waals surface area (Å²) in [5, 5.41) is 11.1. The molecule has 0 saturated heterocycles. The SMILES string of the molecule is CC.CC(C)(C)c1cc2ccc3c(-c4ccc(Cl)cc4)cc(-c4cccc(-n5c6ccccc6c6ccccc65)c4)c4ccc(c1)c2c34. The fourth-order valence-electron chi connectivity index (χ4n) is 7.47. The molecule has 0 aliphatic carbocycles. The summed E-state index contributed by atoms with van der Waals surface area (Å²) < 4.78 is 2.40. The van der Waals surface area contributed by atoms with Gasteiger partial charge in [0.25, 0.3) is 0 Å². The summed E-state index contributed by atoms with van der Waals surface area (Å²) in [5.74, 6) is 0. The Balaban J connectivity index is 0.00000165. The summed E-state index contributed by atoms with van der Waals surface area (Å²) >= 11 is 6.37. The number of hydrogen-bond acceptors (Lipinski definition) is 0. The van der Waals surface area contributed by atoms with Crippen LogP contribution < -0.4 is 0 Å². The third-order valence-corrected chi connectivity index (χ3v) is 9.98. The molecule has 8 aromatic carbocycles. The Hall–Kier alpha value is -5.11. The van der Waals surface area contributed by atoms with Crippen molar-refractivity contribution >= 4 is 65.7 Å². The van der Waals surface area contributed by atoms with Gasteiger partial charge in [-0.1, -0.05) is 143 Å². The molecule has 234 valence electrons. The zero-order valence-corrected chi connectivity index (χ0v) is 28.9. The normalized spacial score (nSPS) is 12.0. The van der Waals surface area contributed by atoms with Crippen LogP contribution >= 0.6 is 11.6 Å². The minimum absolute atomic E-state index is 0.0668. The van der Waals surface area contributed by atoms with E-state index in [2.05, 4.69) is 153 Å². The molecule has 0 aliphatic heterocycles. The van der Waals surface area contributed by atoms with E-state index in [1.54, 1.807) is 0 Å². The van der Waals surface area contributed by atoms with Crippen LogP contribution in [0.15, 0.2) is 140 Å². The summed E-state index contributed by atoms with van der Waals surface area (Å²) in [6.07, 6.45) is 0. The average Bonchev–Trinajstić information content (AvgIpc) is 3.45. The molecule has 0 amide bonds. The number of halogens is 1. The second-order valence-electron chi connectivity index (χ2n) is 13.5. The molecule has 0 unspecified atom stereocenters. The Morgan fingerprint density at radius 3 is 1.62 bits per heavy atom. The zero-order valence-electron chi connectivity index (χ0n) is 28.1. The molecule has 0 bridgehead atoms. The van der Waals surface area contributed by atoms with Gasteiger partial charge in [0.05, 0.1) is 11.0 Å². The fraction of sp³-hybridized carbons (Fsp3) is 0.130. The van der Waals surface area contributed by atoms with Gasteiger partial charge < -0.3 is 4.57 Å². The molecule has 1 nitrogen and oxygen atoms in total. The summed E-state index contributed by atoms with van der Waals surface area (Å²) in [6, 6.07) is 51.2. The molecule has 0 saturated carbocycles. The molecule has 48 heavy (non-hydrogen) atoms. The quantitative estimate of drug-likeness (QED) is 0.169. The largest absolute Gasteiger partial charge is 0.309 e. The second-order valence-corrected chi connectivity index (χ2v) is 14.0. The Morgan fingerprint density at radius 1 is 0.479 bits per heavy atom. The van der Waals surface area contributed by atoms with E-state index in [9.17, 15) is 0 Å². The topological polar surface area (TPSA) is 4.93 Å². The summed E-state index contributed by atoms with van der Waals surface area (Å²) in [4.78, 5) is 0. The Labute approximate surface area is 287 Å². The van der Waals surface area contributed by atoms with E-state index in [0.717, 1.165) is 16.3 Å². The number of hydrogen-bond donors (Lipinski definition) is 0. The molecule has 0 aliphatic rings. The van der Waals surface area contributed by atoms with E-state index < -0.39 is 0 Å². The first-order chi connectivity index (χ1) is 23.3. The lowest BCUT2D eigenvalue weighted by Crippen LogP contribution is -2.10. The van der Waals surface area contributed by atoms with Crippen molar-refractivity contribution in [3.63, 3.8) is 0 Å². The van der Waals surface area contributed by atoms with E-state index in [-0.39, 0.29) is 5.41 Å². The van der Waals surface area contributed by atoms with Crippen LogP contribution in [0.25, 0.3) is 82.1 Å². The van der Waals surface area contributed by atoms with E-state index in [0.29, 0.717) is 0 Å². The van der Waals surface area contributed by atoms with Crippen LogP contribution in [0.5, 0.6) is 0 Å². The molecular formula is C46H38ClN. The lowest BCUT2D eigenvalue weighted by molar-refractivity contribution is 0.591. The summed E-state index contributed by atoms with van der Waals surface area (Å²) in [6.45, 7) is 10.9. The highest BCUT2D eigenvalue weighted by molar-refractivity contribution is 6.31. The third-order valence-electron chi connectivity index (χ3n) is 9.73. The molecule has 9 aromatic rings. The van der Waals surface area contributed by atoms with Gasteiger partial charge in [-0.25, -0.2) is 0 Å². The lowest BCUT2D eigenvalue weighted by atomic mass is 9.81. The fourth-order valence-corrected chi connectivity index (χ4v) is 7.59. The van der Waals surface area contributed by atoms with Gasteiger partial charge >= 0.3 is 0 Å². The van der Waals surface area contributed by atoms with Gasteiger partial charge in [0.1, 0.15) is 0 Å². The van der Waals surface area contributed by atoms with E-state index in [1.165, 1.54) is 76.4 Å². The van der Waals surface area contributed by atoms with Crippen LogP contribution in [-0.4, -0.2) is 4.57 Å². The predicted octanol–water partition coefficient (Wildman–Crippen LogP) is 14.0. The van der Waals surface area contributed by atoms with Crippen molar-refractivity contribution in [2.45, 2.75) is 40.0 Å². The second kappa shape index (κ2) is 11.5. The number of fused-ring (bicyclic) bond motifs is 3. The van der Waals surface area contributed by atoms with Gasteiger partial charge in [-0.05, 0) is 108 Å². The van der Waals surface area contributed by atoms with Gasteiger partial charge in [0.2, 0.25) is 0 Å².